The third kappa shape index (κ3) is 20.8. The quantitative estimate of drug-likeness (QED) is 0.249. The molecule has 0 amide bonds. The van der Waals surface area contributed by atoms with Gasteiger partial charge < -0.3 is 24.8 Å². The van der Waals surface area contributed by atoms with Crippen LogP contribution in [0.25, 0.3) is 0 Å². The fraction of sp³-hybridized carbons (Fsp3) is 0.923. The van der Waals surface area contributed by atoms with Gasteiger partial charge in [0.25, 0.3) is 0 Å². The van der Waals surface area contributed by atoms with E-state index in [4.69, 9.17) is 24.8 Å². The SMILES string of the molecule is CCCCCCCCCCCCSC(=S)[S-].[K+]. The summed E-state index contributed by atoms with van der Waals surface area (Å²) in [6, 6.07) is 0. The van der Waals surface area contributed by atoms with Gasteiger partial charge in [0.1, 0.15) is 0 Å². The molecule has 0 radical (unpaired) electrons. The first-order chi connectivity index (χ1) is 7.77. The second-order valence-electron chi connectivity index (χ2n) is 4.28. The van der Waals surface area contributed by atoms with E-state index in [-0.39, 0.29) is 51.4 Å². The Kier molecular flexibility index (Phi) is 23.2. The number of hydrogen-bond acceptors (Lipinski definition) is 3. The van der Waals surface area contributed by atoms with E-state index >= 15 is 0 Å². The summed E-state index contributed by atoms with van der Waals surface area (Å²) in [5.41, 5.74) is 0. The molecule has 4 heteroatoms. The maximum atomic E-state index is 4.84. The van der Waals surface area contributed by atoms with Crippen LogP contribution in [0.5, 0.6) is 0 Å². The normalized spacial score (nSPS) is 9.94. The molecule has 0 bridgehead atoms. The molecular formula is C13H25KS3. The predicted molar refractivity (Wildman–Crippen MR) is 84.3 cm³/mol. The standard InChI is InChI=1S/C13H26S3.K/c1-2-3-4-5-6-7-8-9-10-11-12-16-13(14)15;/h2-12H2,1H3,(H,14,15);/q;+1/p-1. The van der Waals surface area contributed by atoms with Crippen molar-refractivity contribution >= 4 is 40.1 Å². The fourth-order valence-corrected chi connectivity index (χ4v) is 2.76. The maximum absolute atomic E-state index is 4.84. The summed E-state index contributed by atoms with van der Waals surface area (Å²) in [6.45, 7) is 2.27. The molecule has 0 fully saturated rings. The Morgan fingerprint density at radius 3 is 1.71 bits per heavy atom. The summed E-state index contributed by atoms with van der Waals surface area (Å²) in [4.78, 5) is 0. The van der Waals surface area contributed by atoms with Gasteiger partial charge in [0.2, 0.25) is 0 Å². The summed E-state index contributed by atoms with van der Waals surface area (Å²) in [5.74, 6) is 1.12. The van der Waals surface area contributed by atoms with Crippen molar-refractivity contribution in [3.63, 3.8) is 0 Å². The van der Waals surface area contributed by atoms with E-state index in [1.807, 2.05) is 0 Å². The van der Waals surface area contributed by atoms with Gasteiger partial charge in [-0.2, -0.15) is 0 Å². The van der Waals surface area contributed by atoms with Gasteiger partial charge in [0.05, 0.1) is 0 Å². The number of thiocarbonyl (C=S) groups is 1. The van der Waals surface area contributed by atoms with E-state index in [2.05, 4.69) is 6.92 Å². The third-order valence-electron chi connectivity index (χ3n) is 2.72. The van der Waals surface area contributed by atoms with Gasteiger partial charge >= 0.3 is 51.4 Å². The van der Waals surface area contributed by atoms with Crippen LogP contribution < -0.4 is 51.4 Å². The topological polar surface area (TPSA) is 0 Å². The summed E-state index contributed by atoms with van der Waals surface area (Å²) < 4.78 is 0.677. The summed E-state index contributed by atoms with van der Waals surface area (Å²) in [5, 5.41) is 0. The van der Waals surface area contributed by atoms with Gasteiger partial charge in [0.15, 0.2) is 0 Å². The molecule has 0 aliphatic rings. The first-order valence-electron chi connectivity index (χ1n) is 6.61. The van der Waals surface area contributed by atoms with Crippen molar-refractivity contribution in [2.24, 2.45) is 0 Å². The Labute approximate surface area is 166 Å². The minimum absolute atomic E-state index is 0. The van der Waals surface area contributed by atoms with Gasteiger partial charge in [-0.25, -0.2) is 0 Å². The number of hydrogen-bond donors (Lipinski definition) is 0. The number of thioether (sulfide) groups is 1. The van der Waals surface area contributed by atoms with Crippen LogP contribution in [-0.4, -0.2) is 9.28 Å². The van der Waals surface area contributed by atoms with Gasteiger partial charge in [0, 0.05) is 0 Å². The smallest absolute Gasteiger partial charge is 0.422 e. The second-order valence-corrected chi connectivity index (χ2v) is 6.98. The van der Waals surface area contributed by atoms with E-state index in [0.29, 0.717) is 3.53 Å². The van der Waals surface area contributed by atoms with Crippen molar-refractivity contribution in [2.75, 3.05) is 5.75 Å². The van der Waals surface area contributed by atoms with Gasteiger partial charge in [-0.15, -0.1) is 11.8 Å². The largest absolute Gasteiger partial charge is 1.00 e. The van der Waals surface area contributed by atoms with Crippen molar-refractivity contribution < 1.29 is 51.4 Å². The fourth-order valence-electron chi connectivity index (χ4n) is 1.75. The molecule has 0 aliphatic heterocycles. The van der Waals surface area contributed by atoms with Crippen molar-refractivity contribution in [1.29, 1.82) is 0 Å². The molecule has 0 atom stereocenters. The molecule has 0 unspecified atom stereocenters. The van der Waals surface area contributed by atoms with E-state index in [0.717, 1.165) is 5.75 Å². The monoisotopic (exact) mass is 316 g/mol. The van der Waals surface area contributed by atoms with Crippen molar-refractivity contribution in [3.8, 4) is 0 Å². The van der Waals surface area contributed by atoms with Crippen LogP contribution in [0.1, 0.15) is 71.1 Å². The van der Waals surface area contributed by atoms with Crippen molar-refractivity contribution in [2.45, 2.75) is 71.1 Å². The Bertz CT molecular complexity index is 163. The van der Waals surface area contributed by atoms with Crippen LogP contribution in [0.3, 0.4) is 0 Å². The first-order valence-corrected chi connectivity index (χ1v) is 8.41. The first kappa shape index (κ1) is 21.6. The molecule has 0 aromatic rings. The van der Waals surface area contributed by atoms with Crippen LogP contribution in [0, 0.1) is 0 Å². The van der Waals surface area contributed by atoms with Crippen LogP contribution in [0.4, 0.5) is 0 Å². The molecule has 96 valence electrons. The molecule has 17 heavy (non-hydrogen) atoms. The van der Waals surface area contributed by atoms with Gasteiger partial charge in [-0.3, -0.25) is 0 Å². The summed E-state index contributed by atoms with van der Waals surface area (Å²) in [7, 11) is 0. The Hall–Kier alpha value is 2.30. The summed E-state index contributed by atoms with van der Waals surface area (Å²) >= 11 is 11.3. The Morgan fingerprint density at radius 2 is 1.29 bits per heavy atom. The minimum Gasteiger partial charge on any atom is -0.422 e. The average Bonchev–Trinajstić information content (AvgIpc) is 2.25. The van der Waals surface area contributed by atoms with Crippen molar-refractivity contribution in [1.82, 2.24) is 0 Å². The molecule has 0 saturated carbocycles. The zero-order valence-corrected chi connectivity index (χ0v) is 17.1. The average molecular weight is 317 g/mol. The third-order valence-corrected chi connectivity index (χ3v) is 4.15. The van der Waals surface area contributed by atoms with Crippen LogP contribution in [-0.2, 0) is 12.6 Å². The number of rotatable bonds is 11. The van der Waals surface area contributed by atoms with E-state index in [1.165, 1.54) is 64.2 Å². The van der Waals surface area contributed by atoms with E-state index in [9.17, 15) is 0 Å². The zero-order chi connectivity index (χ0) is 12.1. The molecule has 0 nitrogen and oxygen atoms in total. The summed E-state index contributed by atoms with van der Waals surface area (Å²) in [6.07, 6.45) is 13.9. The molecule has 0 aliphatic carbocycles. The van der Waals surface area contributed by atoms with E-state index in [1.54, 1.807) is 11.8 Å². The van der Waals surface area contributed by atoms with Crippen LogP contribution in [0.2, 0.25) is 0 Å². The number of unbranched alkanes of at least 4 members (excludes halogenated alkanes) is 9. The molecular weight excluding hydrogens is 291 g/mol. The van der Waals surface area contributed by atoms with E-state index < -0.39 is 0 Å². The molecule has 0 aromatic heterocycles. The second kappa shape index (κ2) is 18.3. The molecule has 0 spiro atoms. The molecule has 0 N–H and O–H groups in total. The van der Waals surface area contributed by atoms with Crippen LogP contribution >= 0.6 is 24.0 Å². The van der Waals surface area contributed by atoms with Gasteiger partial charge in [-0.1, -0.05) is 68.2 Å². The molecule has 0 aromatic carbocycles. The molecule has 0 rings (SSSR count). The minimum atomic E-state index is 0. The molecule has 0 saturated heterocycles. The zero-order valence-electron chi connectivity index (χ0n) is 11.5. The van der Waals surface area contributed by atoms with Crippen molar-refractivity contribution in [3.05, 3.63) is 0 Å². The maximum Gasteiger partial charge on any atom is 1.00 e. The van der Waals surface area contributed by atoms with Crippen LogP contribution in [0.15, 0.2) is 0 Å². The van der Waals surface area contributed by atoms with Gasteiger partial charge in [-0.05, 0) is 12.2 Å². The Balaban J connectivity index is 0. The Morgan fingerprint density at radius 1 is 0.882 bits per heavy atom. The molecule has 0 heterocycles. The predicted octanol–water partition coefficient (Wildman–Crippen LogP) is 2.48.